The summed E-state index contributed by atoms with van der Waals surface area (Å²) in [5, 5.41) is 0. The second-order valence-corrected chi connectivity index (χ2v) is 7.30. The Morgan fingerprint density at radius 1 is 1.30 bits per heavy atom. The highest BCUT2D eigenvalue weighted by Gasteiger charge is 2.40. The maximum atomic E-state index is 13.1. The fourth-order valence-electron chi connectivity index (χ4n) is 4.16. The second-order valence-electron chi connectivity index (χ2n) is 7.30. The van der Waals surface area contributed by atoms with Crippen LogP contribution in [-0.4, -0.2) is 30.4 Å². The minimum atomic E-state index is -0.733. The van der Waals surface area contributed by atoms with Gasteiger partial charge in [-0.1, -0.05) is 25.3 Å². The van der Waals surface area contributed by atoms with Gasteiger partial charge in [-0.05, 0) is 49.5 Å². The Balaban J connectivity index is 1.65. The van der Waals surface area contributed by atoms with E-state index in [4.69, 9.17) is 15.2 Å². The first-order valence-corrected chi connectivity index (χ1v) is 9.66. The maximum absolute atomic E-state index is 13.1. The van der Waals surface area contributed by atoms with E-state index in [2.05, 4.69) is 11.1 Å². The quantitative estimate of drug-likeness (QED) is 0.828. The number of Topliss-reactive ketones (excluding diaryl/α,β-unsaturated/α-hetero) is 1. The molecular weight excluding hydrogens is 344 g/mol. The first-order chi connectivity index (χ1) is 13.1. The monoisotopic (exact) mass is 368 g/mol. The van der Waals surface area contributed by atoms with Crippen molar-refractivity contribution in [1.82, 2.24) is 0 Å². The van der Waals surface area contributed by atoms with Gasteiger partial charge < -0.3 is 15.2 Å². The van der Waals surface area contributed by atoms with Gasteiger partial charge in [0.25, 0.3) is 0 Å². The lowest BCUT2D eigenvalue weighted by molar-refractivity contribution is -0.137. The molecule has 2 atom stereocenters. The molecule has 0 radical (unpaired) electrons. The predicted octanol–water partition coefficient (Wildman–Crippen LogP) is 3.11. The molecule has 1 aromatic carbocycles. The van der Waals surface area contributed by atoms with Crippen LogP contribution in [0.3, 0.4) is 0 Å². The fourth-order valence-corrected chi connectivity index (χ4v) is 4.16. The third kappa shape index (κ3) is 3.24. The van der Waals surface area contributed by atoms with Crippen LogP contribution in [0.15, 0.2) is 34.8 Å². The summed E-state index contributed by atoms with van der Waals surface area (Å²) >= 11 is 0. The normalized spacial score (nSPS) is 24.9. The first-order valence-electron chi connectivity index (χ1n) is 9.66. The van der Waals surface area contributed by atoms with E-state index in [-0.39, 0.29) is 23.8 Å². The van der Waals surface area contributed by atoms with Crippen molar-refractivity contribution in [3.63, 3.8) is 0 Å². The molecule has 1 aromatic rings. The fraction of sp³-hybridized carbons (Fsp3) is 0.476. The summed E-state index contributed by atoms with van der Waals surface area (Å²) in [6.07, 6.45) is 6.88. The molecule has 0 bridgehead atoms. The molecule has 2 aliphatic heterocycles. The number of aliphatic imine (C=N–C) groups is 1. The number of ketones is 1. The summed E-state index contributed by atoms with van der Waals surface area (Å²) in [7, 11) is 0. The Morgan fingerprint density at radius 3 is 2.81 bits per heavy atom. The van der Waals surface area contributed by atoms with Crippen molar-refractivity contribution in [2.75, 3.05) is 6.61 Å². The second kappa shape index (κ2) is 7.18. The van der Waals surface area contributed by atoms with Crippen LogP contribution < -0.4 is 10.5 Å². The van der Waals surface area contributed by atoms with Crippen molar-refractivity contribution in [3.8, 4) is 5.75 Å². The highest BCUT2D eigenvalue weighted by atomic mass is 16.5. The number of hydrogen-bond donors (Lipinski definition) is 1. The first kappa shape index (κ1) is 17.8. The van der Waals surface area contributed by atoms with Gasteiger partial charge in [-0.2, -0.15) is 0 Å². The minimum absolute atomic E-state index is 0.0461. The molecule has 0 spiro atoms. The highest BCUT2D eigenvalue weighted by Crippen LogP contribution is 2.39. The van der Waals surface area contributed by atoms with Gasteiger partial charge in [-0.25, -0.2) is 9.79 Å². The van der Waals surface area contributed by atoms with Crippen LogP contribution in [0.25, 0.3) is 0 Å². The lowest BCUT2D eigenvalue weighted by atomic mass is 9.82. The number of amidine groups is 1. The zero-order valence-corrected chi connectivity index (χ0v) is 15.4. The molecule has 2 N–H and O–H groups in total. The molecule has 0 aromatic heterocycles. The van der Waals surface area contributed by atoms with Crippen LogP contribution in [-0.2, 0) is 9.53 Å². The number of carbonyl (C=O) groups is 2. The van der Waals surface area contributed by atoms with Gasteiger partial charge in [0.2, 0.25) is 6.23 Å². The maximum Gasteiger partial charge on any atom is 0.341 e. The van der Waals surface area contributed by atoms with Crippen LogP contribution in [0.2, 0.25) is 0 Å². The van der Waals surface area contributed by atoms with Crippen LogP contribution in [0.1, 0.15) is 60.9 Å². The SMILES string of the molecule is CCOC(=O)C1=CC2C(=O)c3cc(C4CCCCC4)ccc3OC2N=C1N. The Kier molecular flexibility index (Phi) is 4.72. The molecule has 2 heterocycles. The Hall–Kier alpha value is -2.63. The van der Waals surface area contributed by atoms with Gasteiger partial charge in [0.15, 0.2) is 5.78 Å². The molecule has 6 nitrogen and oxygen atoms in total. The summed E-state index contributed by atoms with van der Waals surface area (Å²) < 4.78 is 10.9. The standard InChI is InChI=1S/C21H24N2O4/c1-2-26-21(25)16-11-15-18(24)14-10-13(12-6-4-3-5-7-12)8-9-17(14)27-20(15)23-19(16)22/h8-12,15,20H,2-7H2,1H3,(H2,22,23). The number of ether oxygens (including phenoxy) is 2. The molecule has 4 rings (SSSR count). The molecule has 0 saturated heterocycles. The third-order valence-electron chi connectivity index (χ3n) is 5.59. The summed E-state index contributed by atoms with van der Waals surface area (Å²) in [6.45, 7) is 1.95. The van der Waals surface area contributed by atoms with Crippen molar-refractivity contribution in [3.05, 3.63) is 41.0 Å². The summed E-state index contributed by atoms with van der Waals surface area (Å²) in [5.41, 5.74) is 7.79. The number of rotatable bonds is 3. The molecule has 27 heavy (non-hydrogen) atoms. The van der Waals surface area contributed by atoms with Crippen molar-refractivity contribution >= 4 is 17.6 Å². The molecule has 1 fully saturated rings. The topological polar surface area (TPSA) is 91.0 Å². The van der Waals surface area contributed by atoms with Gasteiger partial charge in [-0.3, -0.25) is 4.79 Å². The number of nitrogens with zero attached hydrogens (tertiary/aromatic N) is 1. The smallest absolute Gasteiger partial charge is 0.341 e. The van der Waals surface area contributed by atoms with E-state index in [0.717, 1.165) is 12.8 Å². The Bertz CT molecular complexity index is 837. The van der Waals surface area contributed by atoms with Gasteiger partial charge >= 0.3 is 5.97 Å². The summed E-state index contributed by atoms with van der Waals surface area (Å²) in [4.78, 5) is 29.5. The van der Waals surface area contributed by atoms with Crippen molar-refractivity contribution in [2.45, 2.75) is 51.2 Å². The van der Waals surface area contributed by atoms with E-state index in [1.54, 1.807) is 13.0 Å². The molecular formula is C21H24N2O4. The zero-order chi connectivity index (χ0) is 19.0. The highest BCUT2D eigenvalue weighted by molar-refractivity contribution is 6.19. The van der Waals surface area contributed by atoms with Gasteiger partial charge in [0.1, 0.15) is 11.6 Å². The van der Waals surface area contributed by atoms with Crippen LogP contribution in [0.4, 0.5) is 0 Å². The lowest BCUT2D eigenvalue weighted by Gasteiger charge is -2.32. The zero-order valence-electron chi connectivity index (χ0n) is 15.4. The molecule has 6 heteroatoms. The number of carbonyl (C=O) groups excluding carboxylic acids is 2. The van der Waals surface area contributed by atoms with E-state index in [1.807, 2.05) is 12.1 Å². The summed E-state index contributed by atoms with van der Waals surface area (Å²) in [5.74, 6) is -0.232. The minimum Gasteiger partial charge on any atom is -0.467 e. The molecule has 0 amide bonds. The van der Waals surface area contributed by atoms with E-state index in [0.29, 0.717) is 17.2 Å². The van der Waals surface area contributed by atoms with Gasteiger partial charge in [-0.15, -0.1) is 0 Å². The van der Waals surface area contributed by atoms with Gasteiger partial charge in [0, 0.05) is 0 Å². The number of dihydropyridines is 1. The lowest BCUT2D eigenvalue weighted by Crippen LogP contribution is -2.41. The average Bonchev–Trinajstić information content (AvgIpc) is 2.68. The third-order valence-corrected chi connectivity index (χ3v) is 5.59. The number of esters is 1. The largest absolute Gasteiger partial charge is 0.467 e. The van der Waals surface area contributed by atoms with E-state index >= 15 is 0 Å². The van der Waals surface area contributed by atoms with Crippen molar-refractivity contribution in [1.29, 1.82) is 0 Å². The number of benzene rings is 1. The number of hydrogen-bond acceptors (Lipinski definition) is 6. The Morgan fingerprint density at radius 2 is 2.07 bits per heavy atom. The number of fused-ring (bicyclic) bond motifs is 2. The summed E-state index contributed by atoms with van der Waals surface area (Å²) in [6, 6.07) is 5.88. The average molecular weight is 368 g/mol. The van der Waals surface area contributed by atoms with Crippen LogP contribution >= 0.6 is 0 Å². The van der Waals surface area contributed by atoms with Crippen molar-refractivity contribution < 1.29 is 19.1 Å². The molecule has 3 aliphatic rings. The van der Waals surface area contributed by atoms with Crippen molar-refractivity contribution in [2.24, 2.45) is 16.6 Å². The van der Waals surface area contributed by atoms with Gasteiger partial charge in [0.05, 0.1) is 23.7 Å². The Labute approximate surface area is 158 Å². The number of nitrogens with two attached hydrogens (primary N) is 1. The van der Waals surface area contributed by atoms with Crippen LogP contribution in [0.5, 0.6) is 5.75 Å². The molecule has 1 aliphatic carbocycles. The van der Waals surface area contributed by atoms with E-state index in [9.17, 15) is 9.59 Å². The van der Waals surface area contributed by atoms with Crippen LogP contribution in [0, 0.1) is 5.92 Å². The van der Waals surface area contributed by atoms with E-state index < -0.39 is 18.1 Å². The molecule has 142 valence electrons. The van der Waals surface area contributed by atoms with E-state index in [1.165, 1.54) is 24.8 Å². The molecule has 2 unspecified atom stereocenters. The molecule has 1 saturated carbocycles. The predicted molar refractivity (Wildman–Crippen MR) is 101 cm³/mol.